The lowest BCUT2D eigenvalue weighted by Crippen LogP contribution is -2.40. The Morgan fingerprint density at radius 1 is 1.53 bits per heavy atom. The molecule has 5 nitrogen and oxygen atoms in total. The maximum Gasteiger partial charge on any atom is 0.247 e. The molecule has 0 saturated heterocycles. The fourth-order valence-corrected chi connectivity index (χ4v) is 2.00. The van der Waals surface area contributed by atoms with E-state index in [0.717, 1.165) is 5.03 Å². The summed E-state index contributed by atoms with van der Waals surface area (Å²) in [4.78, 5) is 19.5. The van der Waals surface area contributed by atoms with E-state index >= 15 is 0 Å². The Bertz CT molecular complexity index is 317. The van der Waals surface area contributed by atoms with Crippen LogP contribution in [0.3, 0.4) is 0 Å². The number of amides is 1. The van der Waals surface area contributed by atoms with Gasteiger partial charge in [-0.25, -0.2) is 10.8 Å². The van der Waals surface area contributed by atoms with Gasteiger partial charge >= 0.3 is 0 Å². The van der Waals surface area contributed by atoms with Crippen LogP contribution in [-0.4, -0.2) is 21.1 Å². The highest BCUT2D eigenvalue weighted by Gasteiger charge is 2.23. The zero-order valence-electron chi connectivity index (χ0n) is 8.68. The molecule has 0 aromatic carbocycles. The van der Waals surface area contributed by atoms with E-state index < -0.39 is 0 Å². The number of carbonyl (C=O) groups excluding carboxylic acids is 1. The molecule has 1 atom stereocenters. The summed E-state index contributed by atoms with van der Waals surface area (Å²) in [5, 5.41) is 0.478. The molecule has 0 fully saturated rings. The molecule has 1 aromatic heterocycles. The van der Waals surface area contributed by atoms with Crippen molar-refractivity contribution in [1.82, 2.24) is 15.4 Å². The smallest absolute Gasteiger partial charge is 0.247 e. The van der Waals surface area contributed by atoms with Gasteiger partial charge in [-0.1, -0.05) is 25.6 Å². The van der Waals surface area contributed by atoms with E-state index in [1.807, 2.05) is 13.8 Å². The molecule has 1 amide bonds. The third kappa shape index (κ3) is 3.49. The number of aromatic nitrogens is 2. The third-order valence-corrected chi connectivity index (χ3v) is 3.26. The molecule has 0 aliphatic rings. The van der Waals surface area contributed by atoms with Crippen molar-refractivity contribution in [3.8, 4) is 0 Å². The van der Waals surface area contributed by atoms with Crippen LogP contribution in [-0.2, 0) is 4.79 Å². The highest BCUT2D eigenvalue weighted by Crippen LogP contribution is 2.25. The van der Waals surface area contributed by atoms with E-state index in [2.05, 4.69) is 15.4 Å². The number of nitrogens with one attached hydrogen (secondary N) is 1. The summed E-state index contributed by atoms with van der Waals surface area (Å²) < 4.78 is 0. The predicted molar refractivity (Wildman–Crippen MR) is 58.8 cm³/mol. The van der Waals surface area contributed by atoms with Crippen molar-refractivity contribution in [3.63, 3.8) is 0 Å². The molecule has 82 valence electrons. The van der Waals surface area contributed by atoms with Crippen LogP contribution in [0.5, 0.6) is 0 Å². The first-order valence-corrected chi connectivity index (χ1v) is 5.46. The van der Waals surface area contributed by atoms with Gasteiger partial charge in [0.15, 0.2) is 0 Å². The first kappa shape index (κ1) is 11.9. The number of thioether (sulfide) groups is 1. The molecule has 0 aliphatic carbocycles. The SMILES string of the molecule is CC(C)C(Sc1cnccn1)C(=O)NN. The molecule has 15 heavy (non-hydrogen) atoms. The molecule has 0 aliphatic heterocycles. The van der Waals surface area contributed by atoms with Crippen LogP contribution in [0.4, 0.5) is 0 Å². The highest BCUT2D eigenvalue weighted by molar-refractivity contribution is 8.00. The van der Waals surface area contributed by atoms with Crippen molar-refractivity contribution < 1.29 is 4.79 Å². The molecule has 6 heteroatoms. The van der Waals surface area contributed by atoms with Crippen molar-refractivity contribution in [2.24, 2.45) is 11.8 Å². The van der Waals surface area contributed by atoms with Crippen molar-refractivity contribution >= 4 is 17.7 Å². The zero-order chi connectivity index (χ0) is 11.3. The maximum absolute atomic E-state index is 11.5. The summed E-state index contributed by atoms with van der Waals surface area (Å²) >= 11 is 1.36. The number of nitrogens with two attached hydrogens (primary N) is 1. The monoisotopic (exact) mass is 226 g/mol. The first-order chi connectivity index (χ1) is 7.15. The molecule has 0 radical (unpaired) electrons. The molecule has 1 heterocycles. The fraction of sp³-hybridized carbons (Fsp3) is 0.444. The average Bonchev–Trinajstić information content (AvgIpc) is 2.26. The summed E-state index contributed by atoms with van der Waals surface area (Å²) in [6.45, 7) is 3.92. The van der Waals surface area contributed by atoms with E-state index in [9.17, 15) is 4.79 Å². The lowest BCUT2D eigenvalue weighted by molar-refractivity contribution is -0.121. The second kappa shape index (κ2) is 5.67. The van der Waals surface area contributed by atoms with Gasteiger partial charge in [0.1, 0.15) is 5.03 Å². The lowest BCUT2D eigenvalue weighted by atomic mass is 10.1. The zero-order valence-corrected chi connectivity index (χ0v) is 9.49. The van der Waals surface area contributed by atoms with Gasteiger partial charge in [-0.05, 0) is 5.92 Å². The molecule has 0 spiro atoms. The molecule has 1 unspecified atom stereocenters. The van der Waals surface area contributed by atoms with Gasteiger partial charge in [0.25, 0.3) is 0 Å². The molecule has 0 saturated carbocycles. The minimum absolute atomic E-state index is 0.181. The van der Waals surface area contributed by atoms with Crippen LogP contribution >= 0.6 is 11.8 Å². The van der Waals surface area contributed by atoms with Crippen molar-refractivity contribution in [2.75, 3.05) is 0 Å². The number of hydrogen-bond acceptors (Lipinski definition) is 5. The van der Waals surface area contributed by atoms with Crippen LogP contribution in [0.2, 0.25) is 0 Å². The van der Waals surface area contributed by atoms with Crippen LogP contribution in [0, 0.1) is 5.92 Å². The first-order valence-electron chi connectivity index (χ1n) is 4.58. The summed E-state index contributed by atoms with van der Waals surface area (Å²) in [5.41, 5.74) is 2.16. The third-order valence-electron chi connectivity index (χ3n) is 1.79. The van der Waals surface area contributed by atoms with E-state index in [1.54, 1.807) is 18.6 Å². The Hall–Kier alpha value is -1.14. The van der Waals surface area contributed by atoms with Gasteiger partial charge in [-0.15, -0.1) is 0 Å². The van der Waals surface area contributed by atoms with Gasteiger partial charge in [0.05, 0.1) is 11.4 Å². The molecule has 1 aromatic rings. The van der Waals surface area contributed by atoms with Crippen LogP contribution < -0.4 is 11.3 Å². The maximum atomic E-state index is 11.5. The molecule has 0 bridgehead atoms. The normalized spacial score (nSPS) is 12.5. The van der Waals surface area contributed by atoms with E-state index in [-0.39, 0.29) is 17.1 Å². The summed E-state index contributed by atoms with van der Waals surface area (Å²) in [6, 6.07) is 0. The Balaban J connectivity index is 2.72. The minimum atomic E-state index is -0.244. The topological polar surface area (TPSA) is 80.9 Å². The van der Waals surface area contributed by atoms with Gasteiger partial charge in [0.2, 0.25) is 5.91 Å². The van der Waals surface area contributed by atoms with Gasteiger partial charge in [-0.2, -0.15) is 0 Å². The van der Waals surface area contributed by atoms with Crippen LogP contribution in [0.25, 0.3) is 0 Å². The van der Waals surface area contributed by atoms with E-state index in [1.165, 1.54) is 11.8 Å². The van der Waals surface area contributed by atoms with Gasteiger partial charge < -0.3 is 0 Å². The van der Waals surface area contributed by atoms with Crippen molar-refractivity contribution in [3.05, 3.63) is 18.6 Å². The Kier molecular flexibility index (Phi) is 4.51. The second-order valence-electron chi connectivity index (χ2n) is 3.33. The molecule has 3 N–H and O–H groups in total. The standard InChI is InChI=1S/C9H14N4OS/c1-6(2)8(9(14)13-10)15-7-5-11-3-4-12-7/h3-6,8H,10H2,1-2H3,(H,13,14). The Morgan fingerprint density at radius 3 is 2.73 bits per heavy atom. The van der Waals surface area contributed by atoms with E-state index in [0.29, 0.717) is 0 Å². The average molecular weight is 226 g/mol. The van der Waals surface area contributed by atoms with Crippen molar-refractivity contribution in [2.45, 2.75) is 24.1 Å². The summed E-state index contributed by atoms with van der Waals surface area (Å²) in [7, 11) is 0. The largest absolute Gasteiger partial charge is 0.293 e. The van der Waals surface area contributed by atoms with Gasteiger partial charge in [0, 0.05) is 12.4 Å². The predicted octanol–water partition coefficient (Wildman–Crippen LogP) is 0.583. The van der Waals surface area contributed by atoms with Crippen LogP contribution in [0.1, 0.15) is 13.8 Å². The quantitative estimate of drug-likeness (QED) is 0.340. The Labute approximate surface area is 92.8 Å². The Morgan fingerprint density at radius 2 is 2.27 bits per heavy atom. The van der Waals surface area contributed by atoms with E-state index in [4.69, 9.17) is 5.84 Å². The lowest BCUT2D eigenvalue weighted by Gasteiger charge is -2.17. The van der Waals surface area contributed by atoms with Gasteiger partial charge in [-0.3, -0.25) is 15.2 Å². The second-order valence-corrected chi connectivity index (χ2v) is 4.50. The minimum Gasteiger partial charge on any atom is -0.293 e. The molecule has 1 rings (SSSR count). The fourth-order valence-electron chi connectivity index (χ4n) is 1.05. The van der Waals surface area contributed by atoms with Crippen molar-refractivity contribution in [1.29, 1.82) is 0 Å². The summed E-state index contributed by atoms with van der Waals surface area (Å²) in [6.07, 6.45) is 4.82. The van der Waals surface area contributed by atoms with Crippen LogP contribution in [0.15, 0.2) is 23.6 Å². The number of hydrogen-bond donors (Lipinski definition) is 2. The molecular weight excluding hydrogens is 212 g/mol. The number of rotatable bonds is 4. The number of nitrogens with zero attached hydrogens (tertiary/aromatic N) is 2. The summed E-state index contributed by atoms with van der Waals surface area (Å²) in [5.74, 6) is 5.10. The number of hydrazine groups is 1. The highest BCUT2D eigenvalue weighted by atomic mass is 32.2. The number of carbonyl (C=O) groups is 1. The molecular formula is C9H14N4OS.